The van der Waals surface area contributed by atoms with Crippen molar-refractivity contribution in [3.8, 4) is 0 Å². The van der Waals surface area contributed by atoms with E-state index < -0.39 is 0 Å². The predicted octanol–water partition coefficient (Wildman–Crippen LogP) is 4.55. The van der Waals surface area contributed by atoms with E-state index in [4.69, 9.17) is 11.1 Å². The molecule has 0 aromatic heterocycles. The first-order valence-electron chi connectivity index (χ1n) is 10.8. The van der Waals surface area contributed by atoms with E-state index in [0.29, 0.717) is 11.8 Å². The highest BCUT2D eigenvalue weighted by molar-refractivity contribution is 6.58. The van der Waals surface area contributed by atoms with Gasteiger partial charge in [-0.15, -0.1) is 0 Å². The number of rotatable bonds is 9. The Kier molecular flexibility index (Phi) is 7.41. The van der Waals surface area contributed by atoms with E-state index in [2.05, 4.69) is 60.7 Å². The molecule has 1 aliphatic rings. The van der Waals surface area contributed by atoms with Crippen molar-refractivity contribution in [1.82, 2.24) is 10.6 Å². The van der Waals surface area contributed by atoms with Crippen LogP contribution in [0.5, 0.6) is 0 Å². The van der Waals surface area contributed by atoms with E-state index in [1.54, 1.807) is 0 Å². The number of unbranched alkanes of at least 4 members (excludes halogenated alkanes) is 1. The second-order valence-corrected chi connectivity index (χ2v) is 8.05. The molecule has 5 N–H and O–H groups in total. The van der Waals surface area contributed by atoms with Crippen LogP contribution in [0.15, 0.2) is 59.2 Å². The lowest BCUT2D eigenvalue weighted by atomic mass is 9.91. The van der Waals surface area contributed by atoms with Crippen molar-refractivity contribution in [3.05, 3.63) is 70.9 Å². The average Bonchev–Trinajstić information content (AvgIpc) is 2.74. The quantitative estimate of drug-likeness (QED) is 0.463. The van der Waals surface area contributed by atoms with Gasteiger partial charge in [-0.3, -0.25) is 5.41 Å². The van der Waals surface area contributed by atoms with Crippen molar-refractivity contribution >= 4 is 22.8 Å². The molecule has 0 bridgehead atoms. The summed E-state index contributed by atoms with van der Waals surface area (Å²) in [4.78, 5) is 4.41. The Morgan fingerprint density at radius 1 is 1.07 bits per heavy atom. The Morgan fingerprint density at radius 2 is 1.77 bits per heavy atom. The van der Waals surface area contributed by atoms with E-state index in [1.165, 1.54) is 11.1 Å². The molecule has 5 nitrogen and oxygen atoms in total. The molecule has 0 radical (unpaired) electrons. The van der Waals surface area contributed by atoms with Gasteiger partial charge in [0, 0.05) is 42.4 Å². The van der Waals surface area contributed by atoms with Gasteiger partial charge >= 0.3 is 0 Å². The van der Waals surface area contributed by atoms with Gasteiger partial charge in [-0.25, -0.2) is 4.99 Å². The fourth-order valence-electron chi connectivity index (χ4n) is 3.50. The van der Waals surface area contributed by atoms with E-state index in [1.807, 2.05) is 24.3 Å². The van der Waals surface area contributed by atoms with Gasteiger partial charge in [-0.05, 0) is 23.6 Å². The number of hydrogen-bond acceptors (Lipinski definition) is 5. The first kappa shape index (κ1) is 21.8. The molecule has 0 aliphatic carbocycles. The van der Waals surface area contributed by atoms with Crippen molar-refractivity contribution in [3.63, 3.8) is 0 Å². The summed E-state index contributed by atoms with van der Waals surface area (Å²) in [6.07, 6.45) is 2.92. The molecule has 2 aromatic rings. The van der Waals surface area contributed by atoms with Gasteiger partial charge in [-0.1, -0.05) is 69.7 Å². The first-order chi connectivity index (χ1) is 14.5. The molecule has 1 heterocycles. The van der Waals surface area contributed by atoms with E-state index >= 15 is 0 Å². The standard InChI is InChI=1S/C25H33N5/c1-4-5-14-28-22(15-18-10-12-19(13-11-18)16-29-17(2)3)23-20-8-6-7-9-21(20)30-25(27)24(23)26/h6-13,17,26,28-29H,4-5,14-16H2,1-3H3,(H2,27,30)/b23-22-,26-24?. The Balaban J connectivity index is 1.93. The van der Waals surface area contributed by atoms with Crippen molar-refractivity contribution < 1.29 is 0 Å². The van der Waals surface area contributed by atoms with Crippen LogP contribution in [0, 0.1) is 5.41 Å². The normalized spacial score (nSPS) is 15.1. The maximum atomic E-state index is 8.63. The molecule has 5 heteroatoms. The molecule has 0 fully saturated rings. The summed E-state index contributed by atoms with van der Waals surface area (Å²) in [6.45, 7) is 8.23. The van der Waals surface area contributed by atoms with Crippen LogP contribution in [0.1, 0.15) is 50.3 Å². The van der Waals surface area contributed by atoms with Crippen molar-refractivity contribution in [1.29, 1.82) is 5.41 Å². The summed E-state index contributed by atoms with van der Waals surface area (Å²) in [6, 6.07) is 17.1. The lowest BCUT2D eigenvalue weighted by Gasteiger charge is -2.23. The summed E-state index contributed by atoms with van der Waals surface area (Å²) in [5.74, 6) is 0.272. The molecular formula is C25H33N5. The second-order valence-electron chi connectivity index (χ2n) is 8.05. The average molecular weight is 404 g/mol. The number of nitrogens with one attached hydrogen (secondary N) is 3. The summed E-state index contributed by atoms with van der Waals surface area (Å²) >= 11 is 0. The molecule has 158 valence electrons. The van der Waals surface area contributed by atoms with Gasteiger partial charge < -0.3 is 16.4 Å². The Labute approximate surface area is 180 Å². The zero-order chi connectivity index (χ0) is 21.5. The number of amidine groups is 1. The Morgan fingerprint density at radius 3 is 2.47 bits per heavy atom. The Bertz CT molecular complexity index is 938. The van der Waals surface area contributed by atoms with Crippen molar-refractivity contribution in [2.24, 2.45) is 10.7 Å². The molecule has 30 heavy (non-hydrogen) atoms. The number of aliphatic imine (C=N–C) groups is 1. The van der Waals surface area contributed by atoms with E-state index in [0.717, 1.165) is 54.9 Å². The molecule has 0 unspecified atom stereocenters. The fraction of sp³-hybridized carbons (Fsp3) is 0.360. The second kappa shape index (κ2) is 10.2. The molecule has 0 saturated heterocycles. The minimum absolute atomic E-state index is 0.272. The highest BCUT2D eigenvalue weighted by Crippen LogP contribution is 2.33. The third kappa shape index (κ3) is 5.36. The van der Waals surface area contributed by atoms with Gasteiger partial charge in [0.15, 0.2) is 0 Å². The van der Waals surface area contributed by atoms with Crippen molar-refractivity contribution in [2.45, 2.75) is 52.6 Å². The summed E-state index contributed by atoms with van der Waals surface area (Å²) in [7, 11) is 0. The number of nitrogens with two attached hydrogens (primary N) is 1. The Hall–Kier alpha value is -2.92. The SMILES string of the molecule is CCCCN/C(Cc1ccc(CNC(C)C)cc1)=C1\C(=N)C(N)=Nc2ccccc21. The largest absolute Gasteiger partial charge is 0.388 e. The zero-order valence-electron chi connectivity index (χ0n) is 18.3. The molecule has 0 spiro atoms. The number of allylic oxidation sites excluding steroid dienone is 1. The predicted molar refractivity (Wildman–Crippen MR) is 127 cm³/mol. The topological polar surface area (TPSA) is 86.3 Å². The van der Waals surface area contributed by atoms with Gasteiger partial charge in [-0.2, -0.15) is 0 Å². The minimum Gasteiger partial charge on any atom is -0.388 e. The van der Waals surface area contributed by atoms with Gasteiger partial charge in [0.2, 0.25) is 0 Å². The molecule has 3 rings (SSSR count). The van der Waals surface area contributed by atoms with Crippen molar-refractivity contribution in [2.75, 3.05) is 6.54 Å². The number of nitrogens with zero attached hydrogens (tertiary/aromatic N) is 1. The minimum atomic E-state index is 0.272. The van der Waals surface area contributed by atoms with Crippen LogP contribution >= 0.6 is 0 Å². The summed E-state index contributed by atoms with van der Waals surface area (Å²) < 4.78 is 0. The highest BCUT2D eigenvalue weighted by atomic mass is 14.9. The molecule has 0 atom stereocenters. The van der Waals surface area contributed by atoms with Crippen LogP contribution in [0.25, 0.3) is 5.57 Å². The summed E-state index contributed by atoms with van der Waals surface area (Å²) in [5.41, 5.74) is 12.6. The van der Waals surface area contributed by atoms with Crippen LogP contribution < -0.4 is 16.4 Å². The lowest BCUT2D eigenvalue weighted by molar-refractivity contribution is 0.589. The van der Waals surface area contributed by atoms with E-state index in [9.17, 15) is 0 Å². The van der Waals surface area contributed by atoms with Crippen LogP contribution in [-0.2, 0) is 13.0 Å². The third-order valence-corrected chi connectivity index (χ3v) is 5.21. The lowest BCUT2D eigenvalue weighted by Crippen LogP contribution is -2.30. The van der Waals surface area contributed by atoms with Crippen LogP contribution in [0.4, 0.5) is 5.69 Å². The van der Waals surface area contributed by atoms with Gasteiger partial charge in [0.05, 0.1) is 5.69 Å². The molecule has 0 saturated carbocycles. The number of fused-ring (bicyclic) bond motifs is 1. The zero-order valence-corrected chi connectivity index (χ0v) is 18.3. The van der Waals surface area contributed by atoms with Crippen LogP contribution in [0.2, 0.25) is 0 Å². The molecular weight excluding hydrogens is 370 g/mol. The molecule has 1 aliphatic heterocycles. The smallest absolute Gasteiger partial charge is 0.150 e. The number of benzene rings is 2. The van der Waals surface area contributed by atoms with Gasteiger partial charge in [0.1, 0.15) is 11.5 Å². The number of hydrogen-bond donors (Lipinski definition) is 4. The maximum absolute atomic E-state index is 8.63. The third-order valence-electron chi connectivity index (χ3n) is 5.21. The summed E-state index contributed by atoms with van der Waals surface area (Å²) in [5, 5.41) is 15.7. The number of para-hydroxylation sites is 1. The first-order valence-corrected chi connectivity index (χ1v) is 10.8. The maximum Gasteiger partial charge on any atom is 0.150 e. The molecule has 2 aromatic carbocycles. The van der Waals surface area contributed by atoms with E-state index in [-0.39, 0.29) is 5.84 Å². The fourth-order valence-corrected chi connectivity index (χ4v) is 3.50. The highest BCUT2D eigenvalue weighted by Gasteiger charge is 2.24. The monoisotopic (exact) mass is 403 g/mol. The molecule has 0 amide bonds. The van der Waals surface area contributed by atoms with Crippen LogP contribution in [-0.4, -0.2) is 24.1 Å². The van der Waals surface area contributed by atoms with Crippen LogP contribution in [0.3, 0.4) is 0 Å². The van der Waals surface area contributed by atoms with Gasteiger partial charge in [0.25, 0.3) is 0 Å².